The third-order valence-corrected chi connectivity index (χ3v) is 4.57. The van der Waals surface area contributed by atoms with Crippen molar-refractivity contribution in [2.45, 2.75) is 39.0 Å². The van der Waals surface area contributed by atoms with Gasteiger partial charge in [0.1, 0.15) is 18.1 Å². The maximum atomic E-state index is 11.4. The van der Waals surface area contributed by atoms with Crippen LogP contribution in [0.2, 0.25) is 0 Å². The zero-order chi connectivity index (χ0) is 19.3. The lowest BCUT2D eigenvalue weighted by Crippen LogP contribution is -2.11. The van der Waals surface area contributed by atoms with Gasteiger partial charge in [0.15, 0.2) is 0 Å². The SMILES string of the molecule is CCC(=O)CCCCc1c[nH]c2ccc(OCCOCCOCCS)cc12. The second-order valence-corrected chi connectivity index (χ2v) is 6.86. The van der Waals surface area contributed by atoms with Crippen molar-refractivity contribution in [1.29, 1.82) is 0 Å². The standard InChI is InChI=1S/C21H31NO4S/c1-2-18(23)6-4-3-5-17-16-22-21-8-7-19(15-20(17)21)26-12-11-24-9-10-25-13-14-27/h7-8,15-16,22,27H,2-6,9-14H2,1H3. The molecule has 6 heteroatoms. The summed E-state index contributed by atoms with van der Waals surface area (Å²) in [7, 11) is 0. The molecule has 0 saturated heterocycles. The van der Waals surface area contributed by atoms with E-state index in [1.54, 1.807) is 0 Å². The van der Waals surface area contributed by atoms with Gasteiger partial charge in [-0.25, -0.2) is 0 Å². The highest BCUT2D eigenvalue weighted by Gasteiger charge is 2.06. The lowest BCUT2D eigenvalue weighted by atomic mass is 10.0. The lowest BCUT2D eigenvalue weighted by Gasteiger charge is -2.08. The molecule has 0 unspecified atom stereocenters. The van der Waals surface area contributed by atoms with Gasteiger partial charge in [-0.3, -0.25) is 4.79 Å². The summed E-state index contributed by atoms with van der Waals surface area (Å²) in [4.78, 5) is 14.7. The van der Waals surface area contributed by atoms with Crippen LogP contribution in [0.4, 0.5) is 0 Å². The minimum Gasteiger partial charge on any atom is -0.491 e. The van der Waals surface area contributed by atoms with Crippen molar-refractivity contribution in [2.24, 2.45) is 0 Å². The van der Waals surface area contributed by atoms with Crippen LogP contribution in [0.3, 0.4) is 0 Å². The van der Waals surface area contributed by atoms with E-state index in [4.69, 9.17) is 14.2 Å². The number of benzene rings is 1. The average molecular weight is 394 g/mol. The van der Waals surface area contributed by atoms with E-state index in [9.17, 15) is 4.79 Å². The fraction of sp³-hybridized carbons (Fsp3) is 0.571. The molecule has 2 rings (SSSR count). The maximum absolute atomic E-state index is 11.4. The fourth-order valence-corrected chi connectivity index (χ4v) is 3.00. The molecule has 1 N–H and O–H groups in total. The number of Topliss-reactive ketones (excluding diaryl/α,β-unsaturated/α-hetero) is 1. The second-order valence-electron chi connectivity index (χ2n) is 6.42. The smallest absolute Gasteiger partial charge is 0.132 e. The topological polar surface area (TPSA) is 60.6 Å². The van der Waals surface area contributed by atoms with Crippen LogP contribution in [0.1, 0.15) is 38.2 Å². The first-order valence-electron chi connectivity index (χ1n) is 9.75. The zero-order valence-corrected chi connectivity index (χ0v) is 17.1. The van der Waals surface area contributed by atoms with Crippen molar-refractivity contribution in [3.05, 3.63) is 30.0 Å². The van der Waals surface area contributed by atoms with Crippen molar-refractivity contribution in [2.75, 3.05) is 38.8 Å². The average Bonchev–Trinajstić information content (AvgIpc) is 3.09. The number of carbonyl (C=O) groups excluding carboxylic acids is 1. The van der Waals surface area contributed by atoms with Crippen LogP contribution in [0.25, 0.3) is 10.9 Å². The molecule has 0 amide bonds. The molecule has 1 aromatic carbocycles. The van der Waals surface area contributed by atoms with Gasteiger partial charge < -0.3 is 19.2 Å². The van der Waals surface area contributed by atoms with Crippen molar-refractivity contribution in [3.63, 3.8) is 0 Å². The zero-order valence-electron chi connectivity index (χ0n) is 16.2. The number of carbonyl (C=O) groups is 1. The first-order chi connectivity index (χ1) is 13.2. The summed E-state index contributed by atoms with van der Waals surface area (Å²) in [5, 5.41) is 1.19. The number of unbranched alkanes of at least 4 members (excludes halogenated alkanes) is 1. The van der Waals surface area contributed by atoms with E-state index in [-0.39, 0.29) is 0 Å². The van der Waals surface area contributed by atoms with E-state index in [2.05, 4.69) is 29.9 Å². The Hall–Kier alpha value is -1.50. The summed E-state index contributed by atoms with van der Waals surface area (Å²) in [5.41, 5.74) is 2.39. The Balaban J connectivity index is 1.74. The molecule has 0 spiro atoms. The number of H-pyrrole nitrogens is 1. The number of nitrogens with one attached hydrogen (secondary N) is 1. The molecule has 5 nitrogen and oxygen atoms in total. The molecule has 0 atom stereocenters. The minimum atomic E-state index is 0.347. The largest absolute Gasteiger partial charge is 0.491 e. The van der Waals surface area contributed by atoms with Crippen LogP contribution >= 0.6 is 12.6 Å². The number of rotatable bonds is 15. The summed E-state index contributed by atoms with van der Waals surface area (Å²) in [6.07, 6.45) is 6.32. The molecule has 27 heavy (non-hydrogen) atoms. The van der Waals surface area contributed by atoms with Crippen LogP contribution < -0.4 is 4.74 Å². The van der Waals surface area contributed by atoms with Crippen LogP contribution in [-0.4, -0.2) is 49.6 Å². The number of fused-ring (bicyclic) bond motifs is 1. The normalized spacial score (nSPS) is 11.2. The van der Waals surface area contributed by atoms with Crippen LogP contribution in [-0.2, 0) is 20.7 Å². The van der Waals surface area contributed by atoms with Gasteiger partial charge in [0, 0.05) is 35.7 Å². The number of aromatic nitrogens is 1. The Morgan fingerprint density at radius 2 is 1.85 bits per heavy atom. The first kappa shape index (κ1) is 21.8. The van der Waals surface area contributed by atoms with E-state index >= 15 is 0 Å². The monoisotopic (exact) mass is 393 g/mol. The van der Waals surface area contributed by atoms with E-state index in [1.165, 1.54) is 10.9 Å². The van der Waals surface area contributed by atoms with Gasteiger partial charge in [-0.1, -0.05) is 6.92 Å². The molecular weight excluding hydrogens is 362 g/mol. The predicted molar refractivity (Wildman–Crippen MR) is 112 cm³/mol. The van der Waals surface area contributed by atoms with Gasteiger partial charge in [0.2, 0.25) is 0 Å². The van der Waals surface area contributed by atoms with Gasteiger partial charge in [0.25, 0.3) is 0 Å². The third-order valence-electron chi connectivity index (χ3n) is 4.39. The Morgan fingerprint density at radius 1 is 1.07 bits per heavy atom. The number of ketones is 1. The number of hydrogen-bond acceptors (Lipinski definition) is 5. The molecule has 0 aliphatic carbocycles. The number of ether oxygens (including phenoxy) is 3. The number of aryl methyl sites for hydroxylation is 1. The summed E-state index contributed by atoms with van der Waals surface area (Å²) in [6, 6.07) is 6.09. The summed E-state index contributed by atoms with van der Waals surface area (Å²) in [6.45, 7) is 4.77. The Kier molecular flexibility index (Phi) is 10.3. The maximum Gasteiger partial charge on any atom is 0.132 e. The van der Waals surface area contributed by atoms with Gasteiger partial charge in [0.05, 0.1) is 26.4 Å². The van der Waals surface area contributed by atoms with Crippen molar-refractivity contribution >= 4 is 29.3 Å². The molecule has 0 saturated carbocycles. The van der Waals surface area contributed by atoms with E-state index < -0.39 is 0 Å². The molecule has 0 fully saturated rings. The lowest BCUT2D eigenvalue weighted by molar-refractivity contribution is -0.118. The van der Waals surface area contributed by atoms with Gasteiger partial charge in [-0.2, -0.15) is 12.6 Å². The molecule has 1 heterocycles. The molecule has 0 radical (unpaired) electrons. The highest BCUT2D eigenvalue weighted by atomic mass is 32.1. The molecule has 1 aromatic heterocycles. The Morgan fingerprint density at radius 3 is 2.63 bits per heavy atom. The van der Waals surface area contributed by atoms with E-state index in [0.717, 1.165) is 36.3 Å². The van der Waals surface area contributed by atoms with Crippen molar-refractivity contribution in [1.82, 2.24) is 4.98 Å². The van der Waals surface area contributed by atoms with Crippen molar-refractivity contribution < 1.29 is 19.0 Å². The highest BCUT2D eigenvalue weighted by molar-refractivity contribution is 7.80. The van der Waals surface area contributed by atoms with Crippen LogP contribution in [0, 0.1) is 0 Å². The van der Waals surface area contributed by atoms with Gasteiger partial charge in [-0.05, 0) is 43.0 Å². The van der Waals surface area contributed by atoms with Crippen LogP contribution in [0.5, 0.6) is 5.75 Å². The summed E-state index contributed by atoms with van der Waals surface area (Å²) >= 11 is 4.08. The highest BCUT2D eigenvalue weighted by Crippen LogP contribution is 2.25. The molecule has 0 aliphatic heterocycles. The predicted octanol–water partition coefficient (Wildman–Crippen LogP) is 4.20. The summed E-state index contributed by atoms with van der Waals surface area (Å²) in [5.74, 6) is 1.92. The molecule has 2 aromatic rings. The molecule has 0 bridgehead atoms. The minimum absolute atomic E-state index is 0.347. The van der Waals surface area contributed by atoms with Gasteiger partial charge in [-0.15, -0.1) is 0 Å². The third kappa shape index (κ3) is 7.95. The molecule has 150 valence electrons. The number of aromatic amines is 1. The van der Waals surface area contributed by atoms with E-state index in [1.807, 2.05) is 19.1 Å². The molecule has 0 aliphatic rings. The first-order valence-corrected chi connectivity index (χ1v) is 10.4. The summed E-state index contributed by atoms with van der Waals surface area (Å²) < 4.78 is 16.6. The Labute approximate surface area is 167 Å². The van der Waals surface area contributed by atoms with E-state index in [0.29, 0.717) is 51.7 Å². The molecular formula is C21H31NO4S. The number of hydrogen-bond donors (Lipinski definition) is 2. The Bertz CT molecular complexity index is 686. The van der Waals surface area contributed by atoms with Crippen LogP contribution in [0.15, 0.2) is 24.4 Å². The quantitative estimate of drug-likeness (QED) is 0.352. The fourth-order valence-electron chi connectivity index (χ4n) is 2.87. The van der Waals surface area contributed by atoms with Crippen molar-refractivity contribution in [3.8, 4) is 5.75 Å². The second kappa shape index (κ2) is 12.8. The number of thiol groups is 1. The van der Waals surface area contributed by atoms with Gasteiger partial charge >= 0.3 is 0 Å².